The van der Waals surface area contributed by atoms with Gasteiger partial charge >= 0.3 is 0 Å². The average Bonchev–Trinajstić information content (AvgIpc) is 2.61. The van der Waals surface area contributed by atoms with Gasteiger partial charge in [-0.15, -0.1) is 0 Å². The lowest BCUT2D eigenvalue weighted by Gasteiger charge is -2.06. The molecule has 4 heteroatoms. The molecule has 0 aromatic heterocycles. The molecule has 0 unspecified atom stereocenters. The standard InChI is InChI=1S/C21H26N2O2/c1-5-16-7-14(3)20(24)18(9-16)11-22-13-23-12-19-10-17(6-2)8-15(4)21(19)25/h7-12,24-25H,5-6,13H2,1-4H3. The van der Waals surface area contributed by atoms with Crippen molar-refractivity contribution < 1.29 is 10.2 Å². The number of nitrogens with zero attached hydrogens (tertiary/aromatic N) is 2. The van der Waals surface area contributed by atoms with Gasteiger partial charge in [-0.1, -0.05) is 26.0 Å². The number of aliphatic imine (C=N–C) groups is 2. The molecule has 0 saturated carbocycles. The summed E-state index contributed by atoms with van der Waals surface area (Å²) in [6, 6.07) is 7.85. The van der Waals surface area contributed by atoms with Crippen LogP contribution < -0.4 is 0 Å². The van der Waals surface area contributed by atoms with E-state index in [0.717, 1.165) is 35.1 Å². The lowest BCUT2D eigenvalue weighted by atomic mass is 10.0. The topological polar surface area (TPSA) is 65.2 Å². The summed E-state index contributed by atoms with van der Waals surface area (Å²) in [7, 11) is 0. The van der Waals surface area contributed by atoms with Crippen LogP contribution in [0.25, 0.3) is 0 Å². The molecule has 0 aliphatic heterocycles. The van der Waals surface area contributed by atoms with Crippen molar-refractivity contribution >= 4 is 12.4 Å². The molecule has 0 spiro atoms. The van der Waals surface area contributed by atoms with Crippen LogP contribution in [0.3, 0.4) is 0 Å². The molecule has 0 fully saturated rings. The molecule has 2 N–H and O–H groups in total. The zero-order valence-corrected chi connectivity index (χ0v) is 15.4. The third-order valence-corrected chi connectivity index (χ3v) is 4.22. The first-order valence-electron chi connectivity index (χ1n) is 8.60. The second kappa shape index (κ2) is 8.47. The summed E-state index contributed by atoms with van der Waals surface area (Å²) in [5.41, 5.74) is 5.44. The maximum atomic E-state index is 10.1. The van der Waals surface area contributed by atoms with Crippen LogP contribution >= 0.6 is 0 Å². The second-order valence-corrected chi connectivity index (χ2v) is 6.17. The van der Waals surface area contributed by atoms with Gasteiger partial charge in [0.25, 0.3) is 0 Å². The van der Waals surface area contributed by atoms with Crippen LogP contribution in [0.1, 0.15) is 47.2 Å². The predicted octanol–water partition coefficient (Wildman–Crippen LogP) is 4.33. The van der Waals surface area contributed by atoms with Crippen molar-refractivity contribution in [2.75, 3.05) is 6.67 Å². The molecule has 0 amide bonds. The number of rotatable bonds is 6. The number of aryl methyl sites for hydroxylation is 4. The van der Waals surface area contributed by atoms with Crippen molar-refractivity contribution in [1.82, 2.24) is 0 Å². The molecule has 132 valence electrons. The van der Waals surface area contributed by atoms with Crippen LogP contribution in [0, 0.1) is 13.8 Å². The number of hydrogen-bond donors (Lipinski definition) is 2. The van der Waals surface area contributed by atoms with Crippen molar-refractivity contribution in [3.8, 4) is 11.5 Å². The van der Waals surface area contributed by atoms with E-state index in [0.29, 0.717) is 11.1 Å². The van der Waals surface area contributed by atoms with Gasteiger partial charge < -0.3 is 10.2 Å². The second-order valence-electron chi connectivity index (χ2n) is 6.17. The fourth-order valence-electron chi connectivity index (χ4n) is 2.70. The molecule has 0 heterocycles. The monoisotopic (exact) mass is 338 g/mol. The maximum absolute atomic E-state index is 10.1. The van der Waals surface area contributed by atoms with Gasteiger partial charge in [0.2, 0.25) is 0 Å². The quantitative estimate of drug-likeness (QED) is 0.770. The van der Waals surface area contributed by atoms with Crippen LogP contribution in [0.4, 0.5) is 0 Å². The highest BCUT2D eigenvalue weighted by molar-refractivity contribution is 5.86. The van der Waals surface area contributed by atoms with Crippen molar-refractivity contribution in [2.45, 2.75) is 40.5 Å². The molecule has 2 rings (SSSR count). The van der Waals surface area contributed by atoms with E-state index in [1.54, 1.807) is 12.4 Å². The largest absolute Gasteiger partial charge is 0.507 e. The smallest absolute Gasteiger partial charge is 0.129 e. The Kier molecular flexibility index (Phi) is 6.34. The van der Waals surface area contributed by atoms with E-state index in [1.807, 2.05) is 38.1 Å². The molecule has 0 aliphatic carbocycles. The van der Waals surface area contributed by atoms with Gasteiger partial charge in [-0.05, 0) is 61.1 Å². The van der Waals surface area contributed by atoms with Crippen molar-refractivity contribution in [3.05, 3.63) is 57.6 Å². The zero-order chi connectivity index (χ0) is 18.4. The minimum Gasteiger partial charge on any atom is -0.507 e. The Bertz CT molecular complexity index is 741. The van der Waals surface area contributed by atoms with E-state index < -0.39 is 0 Å². The summed E-state index contributed by atoms with van der Waals surface area (Å²) in [4.78, 5) is 8.53. The third kappa shape index (κ3) is 4.69. The Morgan fingerprint density at radius 1 is 0.760 bits per heavy atom. The predicted molar refractivity (Wildman–Crippen MR) is 104 cm³/mol. The lowest BCUT2D eigenvalue weighted by Crippen LogP contribution is -1.92. The molecule has 0 bridgehead atoms. The molecule has 2 aromatic carbocycles. The SMILES string of the molecule is CCc1cc(C)c(O)c(C=NCN=Cc2cc(CC)cc(C)c2O)c1. The molecule has 4 nitrogen and oxygen atoms in total. The van der Waals surface area contributed by atoms with Crippen LogP contribution in [0.2, 0.25) is 0 Å². The van der Waals surface area contributed by atoms with Crippen molar-refractivity contribution in [3.63, 3.8) is 0 Å². The van der Waals surface area contributed by atoms with E-state index in [-0.39, 0.29) is 18.2 Å². The minimum atomic E-state index is 0.240. The summed E-state index contributed by atoms with van der Waals surface area (Å²) >= 11 is 0. The van der Waals surface area contributed by atoms with Gasteiger partial charge in [0.1, 0.15) is 18.2 Å². The molecule has 25 heavy (non-hydrogen) atoms. The van der Waals surface area contributed by atoms with E-state index in [2.05, 4.69) is 23.8 Å². The number of phenolic OH excluding ortho intramolecular Hbond substituents is 2. The van der Waals surface area contributed by atoms with Gasteiger partial charge in [-0.2, -0.15) is 0 Å². The maximum Gasteiger partial charge on any atom is 0.129 e. The summed E-state index contributed by atoms with van der Waals surface area (Å²) in [5, 5.41) is 20.2. The molecular weight excluding hydrogens is 312 g/mol. The summed E-state index contributed by atoms with van der Waals surface area (Å²) in [6.45, 7) is 8.17. The van der Waals surface area contributed by atoms with E-state index in [4.69, 9.17) is 0 Å². The summed E-state index contributed by atoms with van der Waals surface area (Å²) in [5.74, 6) is 0.516. The molecule has 0 saturated heterocycles. The Morgan fingerprint density at radius 2 is 1.16 bits per heavy atom. The minimum absolute atomic E-state index is 0.240. The Morgan fingerprint density at radius 3 is 1.52 bits per heavy atom. The number of aromatic hydroxyl groups is 2. The number of phenols is 2. The van der Waals surface area contributed by atoms with Gasteiger partial charge in [0.15, 0.2) is 0 Å². The Balaban J connectivity index is 2.11. The van der Waals surface area contributed by atoms with E-state index in [9.17, 15) is 10.2 Å². The lowest BCUT2D eigenvalue weighted by molar-refractivity contribution is 0.469. The first-order chi connectivity index (χ1) is 12.0. The van der Waals surface area contributed by atoms with Crippen molar-refractivity contribution in [1.29, 1.82) is 0 Å². The summed E-state index contributed by atoms with van der Waals surface area (Å²) < 4.78 is 0. The Labute approximate surface area is 149 Å². The fraction of sp³-hybridized carbons (Fsp3) is 0.333. The van der Waals surface area contributed by atoms with Gasteiger partial charge in [-0.3, -0.25) is 9.98 Å². The van der Waals surface area contributed by atoms with Gasteiger partial charge in [-0.25, -0.2) is 0 Å². The highest BCUT2D eigenvalue weighted by Crippen LogP contribution is 2.24. The van der Waals surface area contributed by atoms with Crippen LogP contribution in [0.15, 0.2) is 34.3 Å². The fourth-order valence-corrected chi connectivity index (χ4v) is 2.70. The highest BCUT2D eigenvalue weighted by atomic mass is 16.3. The first-order valence-corrected chi connectivity index (χ1v) is 8.60. The van der Waals surface area contributed by atoms with Crippen LogP contribution in [0.5, 0.6) is 11.5 Å². The number of hydrogen-bond acceptors (Lipinski definition) is 4. The normalized spacial score (nSPS) is 11.7. The zero-order valence-electron chi connectivity index (χ0n) is 15.4. The van der Waals surface area contributed by atoms with E-state index >= 15 is 0 Å². The molecule has 2 aromatic rings. The molecule has 0 aliphatic rings. The summed E-state index contributed by atoms with van der Waals surface area (Å²) in [6.07, 6.45) is 5.11. The highest BCUT2D eigenvalue weighted by Gasteiger charge is 2.05. The van der Waals surface area contributed by atoms with E-state index in [1.165, 1.54) is 0 Å². The number of benzene rings is 2. The first kappa shape index (κ1) is 18.7. The van der Waals surface area contributed by atoms with Crippen LogP contribution in [-0.4, -0.2) is 29.3 Å². The van der Waals surface area contributed by atoms with Gasteiger partial charge in [0.05, 0.1) is 0 Å². The molecular formula is C21H26N2O2. The van der Waals surface area contributed by atoms with Crippen LogP contribution in [-0.2, 0) is 12.8 Å². The third-order valence-electron chi connectivity index (χ3n) is 4.22. The van der Waals surface area contributed by atoms with Crippen molar-refractivity contribution in [2.24, 2.45) is 9.98 Å². The Hall–Kier alpha value is -2.62. The molecule has 0 radical (unpaired) electrons. The van der Waals surface area contributed by atoms with Gasteiger partial charge in [0, 0.05) is 23.6 Å². The molecule has 0 atom stereocenters. The average molecular weight is 338 g/mol.